The van der Waals surface area contributed by atoms with Crippen molar-refractivity contribution in [3.8, 4) is 0 Å². The predicted octanol–water partition coefficient (Wildman–Crippen LogP) is 3.31. The molecule has 0 saturated carbocycles. The number of rotatable bonds is 10. The fourth-order valence-electron chi connectivity index (χ4n) is 2.56. The van der Waals surface area contributed by atoms with Crippen molar-refractivity contribution in [2.45, 2.75) is 71.4 Å². The molecule has 0 amide bonds. The zero-order valence-electron chi connectivity index (χ0n) is 15.1. The van der Waals surface area contributed by atoms with Crippen molar-refractivity contribution >= 4 is 29.9 Å². The number of nitrogens with zero attached hydrogens (tertiary/aromatic N) is 1. The molecule has 1 rings (SSSR count). The van der Waals surface area contributed by atoms with Crippen molar-refractivity contribution in [3.63, 3.8) is 0 Å². The Kier molecular flexibility index (Phi) is 14.2. The number of ether oxygens (including phenoxy) is 2. The quantitative estimate of drug-likeness (QED) is 0.236. The molecule has 0 spiro atoms. The first-order chi connectivity index (χ1) is 10.6. The van der Waals surface area contributed by atoms with Gasteiger partial charge in [0.25, 0.3) is 0 Å². The molecule has 23 heavy (non-hydrogen) atoms. The van der Waals surface area contributed by atoms with Crippen molar-refractivity contribution in [2.75, 3.05) is 26.4 Å². The minimum Gasteiger partial charge on any atom is -0.381 e. The smallest absolute Gasteiger partial charge is 0.188 e. The van der Waals surface area contributed by atoms with Crippen LogP contribution in [0.2, 0.25) is 0 Å². The van der Waals surface area contributed by atoms with Crippen LogP contribution in [0.25, 0.3) is 0 Å². The third-order valence-corrected chi connectivity index (χ3v) is 3.92. The Balaban J connectivity index is 0.00000484. The SMILES string of the molecule is CC(C)CCCC(C)NC(N)=NCCCOC1CCOCC1.I. The highest BCUT2D eigenvalue weighted by atomic mass is 127. The van der Waals surface area contributed by atoms with E-state index in [2.05, 4.69) is 31.1 Å². The van der Waals surface area contributed by atoms with Crippen LogP contribution in [-0.4, -0.2) is 44.5 Å². The van der Waals surface area contributed by atoms with Gasteiger partial charge in [0.05, 0.1) is 6.10 Å². The van der Waals surface area contributed by atoms with Crippen LogP contribution in [0.1, 0.15) is 59.3 Å². The van der Waals surface area contributed by atoms with Crippen LogP contribution in [0.4, 0.5) is 0 Å². The van der Waals surface area contributed by atoms with Gasteiger partial charge in [0.1, 0.15) is 0 Å². The first-order valence-electron chi connectivity index (χ1n) is 8.83. The third-order valence-electron chi connectivity index (χ3n) is 3.92. The molecule has 1 heterocycles. The van der Waals surface area contributed by atoms with Gasteiger partial charge in [-0.3, -0.25) is 4.99 Å². The maximum Gasteiger partial charge on any atom is 0.188 e. The topological polar surface area (TPSA) is 68.9 Å². The molecule has 0 aromatic carbocycles. The van der Waals surface area contributed by atoms with Gasteiger partial charge in [-0.2, -0.15) is 0 Å². The van der Waals surface area contributed by atoms with Crippen LogP contribution >= 0.6 is 24.0 Å². The lowest BCUT2D eigenvalue weighted by Crippen LogP contribution is -2.38. The first-order valence-corrected chi connectivity index (χ1v) is 8.83. The Morgan fingerprint density at radius 3 is 2.57 bits per heavy atom. The molecule has 3 N–H and O–H groups in total. The average Bonchev–Trinajstić information content (AvgIpc) is 2.47. The van der Waals surface area contributed by atoms with Crippen LogP contribution in [-0.2, 0) is 9.47 Å². The van der Waals surface area contributed by atoms with Crippen LogP contribution in [0.3, 0.4) is 0 Å². The van der Waals surface area contributed by atoms with E-state index < -0.39 is 0 Å². The summed E-state index contributed by atoms with van der Waals surface area (Å²) in [5.74, 6) is 1.33. The number of aliphatic imine (C=N–C) groups is 1. The Morgan fingerprint density at radius 1 is 1.22 bits per heavy atom. The lowest BCUT2D eigenvalue weighted by molar-refractivity contribution is -0.0318. The summed E-state index contributed by atoms with van der Waals surface area (Å²) in [5.41, 5.74) is 5.91. The number of halogens is 1. The fourth-order valence-corrected chi connectivity index (χ4v) is 2.56. The molecule has 1 fully saturated rings. The summed E-state index contributed by atoms with van der Waals surface area (Å²) in [7, 11) is 0. The number of hydrogen-bond donors (Lipinski definition) is 2. The van der Waals surface area contributed by atoms with E-state index in [9.17, 15) is 0 Å². The minimum absolute atomic E-state index is 0. The molecule has 0 bridgehead atoms. The molecular formula is C17H36IN3O2. The lowest BCUT2D eigenvalue weighted by atomic mass is 10.0. The summed E-state index contributed by atoms with van der Waals surface area (Å²) < 4.78 is 11.1. The second-order valence-corrected chi connectivity index (χ2v) is 6.67. The second-order valence-electron chi connectivity index (χ2n) is 6.67. The van der Waals surface area contributed by atoms with Crippen molar-refractivity contribution < 1.29 is 9.47 Å². The van der Waals surface area contributed by atoms with Gasteiger partial charge in [0.2, 0.25) is 0 Å². The van der Waals surface area contributed by atoms with Gasteiger partial charge < -0.3 is 20.5 Å². The molecule has 0 aliphatic carbocycles. The van der Waals surface area contributed by atoms with Gasteiger partial charge >= 0.3 is 0 Å². The fraction of sp³-hybridized carbons (Fsp3) is 0.941. The Labute approximate surface area is 159 Å². The van der Waals surface area contributed by atoms with Gasteiger partial charge in [-0.1, -0.05) is 26.7 Å². The minimum atomic E-state index is 0. The Hall–Kier alpha value is -0.0800. The number of guanidine groups is 1. The molecule has 1 saturated heterocycles. The van der Waals surface area contributed by atoms with E-state index in [1.807, 2.05) is 0 Å². The van der Waals surface area contributed by atoms with E-state index in [-0.39, 0.29) is 24.0 Å². The highest BCUT2D eigenvalue weighted by Gasteiger charge is 2.13. The van der Waals surface area contributed by atoms with E-state index in [1.165, 1.54) is 12.8 Å². The highest BCUT2D eigenvalue weighted by Crippen LogP contribution is 2.10. The van der Waals surface area contributed by atoms with E-state index >= 15 is 0 Å². The van der Waals surface area contributed by atoms with E-state index in [1.54, 1.807) is 0 Å². The van der Waals surface area contributed by atoms with Gasteiger partial charge in [0, 0.05) is 32.4 Å². The van der Waals surface area contributed by atoms with Crippen molar-refractivity contribution in [1.29, 1.82) is 0 Å². The highest BCUT2D eigenvalue weighted by molar-refractivity contribution is 14.0. The third kappa shape index (κ3) is 12.9. The van der Waals surface area contributed by atoms with Crippen LogP contribution in [0.5, 0.6) is 0 Å². The Morgan fingerprint density at radius 2 is 1.91 bits per heavy atom. The normalized spacial score (nSPS) is 17.8. The number of nitrogens with two attached hydrogens (primary N) is 1. The van der Waals surface area contributed by atoms with Crippen LogP contribution in [0, 0.1) is 5.92 Å². The molecule has 138 valence electrons. The largest absolute Gasteiger partial charge is 0.381 e. The van der Waals surface area contributed by atoms with E-state index in [0.29, 0.717) is 18.1 Å². The van der Waals surface area contributed by atoms with E-state index in [0.717, 1.165) is 58.0 Å². The molecular weight excluding hydrogens is 405 g/mol. The Bertz CT molecular complexity index is 308. The zero-order chi connectivity index (χ0) is 16.2. The number of nitrogens with one attached hydrogen (secondary N) is 1. The second kappa shape index (κ2) is 14.3. The molecule has 6 heteroatoms. The molecule has 0 aromatic rings. The summed E-state index contributed by atoms with van der Waals surface area (Å²) in [4.78, 5) is 4.37. The molecule has 0 radical (unpaired) electrons. The molecule has 1 unspecified atom stereocenters. The molecule has 1 atom stereocenters. The molecule has 0 aromatic heterocycles. The van der Waals surface area contributed by atoms with Crippen LogP contribution < -0.4 is 11.1 Å². The summed E-state index contributed by atoms with van der Waals surface area (Å²) >= 11 is 0. The van der Waals surface area contributed by atoms with Gasteiger partial charge in [-0.25, -0.2) is 0 Å². The lowest BCUT2D eigenvalue weighted by Gasteiger charge is -2.22. The summed E-state index contributed by atoms with van der Waals surface area (Å²) in [6.45, 7) is 9.82. The van der Waals surface area contributed by atoms with Crippen LogP contribution in [0.15, 0.2) is 4.99 Å². The standard InChI is InChI=1S/C17H35N3O2.HI/c1-14(2)6-4-7-15(3)20-17(18)19-10-5-11-22-16-8-12-21-13-9-16;/h14-16H,4-13H2,1-3H3,(H3,18,19,20);1H. The average molecular weight is 441 g/mol. The molecule has 1 aliphatic rings. The van der Waals surface area contributed by atoms with E-state index in [4.69, 9.17) is 15.2 Å². The first kappa shape index (κ1) is 22.9. The van der Waals surface area contributed by atoms with Gasteiger partial charge in [0.15, 0.2) is 5.96 Å². The predicted molar refractivity (Wildman–Crippen MR) is 108 cm³/mol. The molecule has 1 aliphatic heterocycles. The maximum atomic E-state index is 5.91. The summed E-state index contributed by atoms with van der Waals surface area (Å²) in [5, 5.41) is 3.26. The zero-order valence-corrected chi connectivity index (χ0v) is 17.4. The van der Waals surface area contributed by atoms with Crippen molar-refractivity contribution in [3.05, 3.63) is 0 Å². The van der Waals surface area contributed by atoms with Crippen molar-refractivity contribution in [2.24, 2.45) is 16.6 Å². The van der Waals surface area contributed by atoms with Crippen molar-refractivity contribution in [1.82, 2.24) is 5.32 Å². The summed E-state index contributed by atoms with van der Waals surface area (Å²) in [6, 6.07) is 0.390. The summed E-state index contributed by atoms with van der Waals surface area (Å²) in [6.07, 6.45) is 6.96. The maximum absolute atomic E-state index is 5.91. The van der Waals surface area contributed by atoms with Gasteiger partial charge in [-0.05, 0) is 38.5 Å². The molecule has 5 nitrogen and oxygen atoms in total. The van der Waals surface area contributed by atoms with Gasteiger partial charge in [-0.15, -0.1) is 24.0 Å². The number of hydrogen-bond acceptors (Lipinski definition) is 3. The monoisotopic (exact) mass is 441 g/mol.